The van der Waals surface area contributed by atoms with E-state index in [1.807, 2.05) is 35.4 Å². The van der Waals surface area contributed by atoms with Crippen LogP contribution in [-0.4, -0.2) is 38.4 Å². The number of likely N-dealkylation sites (tertiary alicyclic amines) is 1. The first-order valence-electron chi connectivity index (χ1n) is 10.6. The van der Waals surface area contributed by atoms with Gasteiger partial charge in [0.1, 0.15) is 5.82 Å². The molecule has 4 heterocycles. The molecule has 2 aliphatic rings. The number of carbonyl (C=O) groups excluding carboxylic acids is 1. The molecule has 2 aromatic heterocycles. The Kier molecular flexibility index (Phi) is 4.70. The fourth-order valence-electron chi connectivity index (χ4n) is 4.84. The molecule has 150 valence electrons. The van der Waals surface area contributed by atoms with Crippen LogP contribution in [0.15, 0.2) is 41.3 Å². The number of fused-ring (bicyclic) bond motifs is 2. The standard InChI is InChI=1S/C23H26N4O2/c28-21(13-18-12-16-6-1-2-9-20(16)23(29)25-18)26-10-5-7-17(15-26)22-24-14-19-8-3-4-11-27(19)22/h1-2,6,9,12,14,17H,3-5,7-8,10-11,13,15H2,(H,25,29)/t17-/m0/s1. The van der Waals surface area contributed by atoms with E-state index in [2.05, 4.69) is 9.55 Å². The third kappa shape index (κ3) is 3.48. The van der Waals surface area contributed by atoms with E-state index < -0.39 is 0 Å². The van der Waals surface area contributed by atoms with Crippen molar-refractivity contribution in [3.63, 3.8) is 0 Å². The van der Waals surface area contributed by atoms with E-state index in [0.717, 1.165) is 43.6 Å². The summed E-state index contributed by atoms with van der Waals surface area (Å²) in [6, 6.07) is 9.40. The van der Waals surface area contributed by atoms with Crippen LogP contribution in [0.2, 0.25) is 0 Å². The van der Waals surface area contributed by atoms with E-state index >= 15 is 0 Å². The number of hydrogen-bond donors (Lipinski definition) is 1. The number of hydrogen-bond acceptors (Lipinski definition) is 3. The Morgan fingerprint density at radius 3 is 3.00 bits per heavy atom. The van der Waals surface area contributed by atoms with Gasteiger partial charge in [0.25, 0.3) is 5.56 Å². The molecule has 0 saturated carbocycles. The highest BCUT2D eigenvalue weighted by atomic mass is 16.2. The Hall–Kier alpha value is -2.89. The number of aryl methyl sites for hydroxylation is 1. The van der Waals surface area contributed by atoms with Crippen molar-refractivity contribution in [2.24, 2.45) is 0 Å². The predicted molar refractivity (Wildman–Crippen MR) is 112 cm³/mol. The van der Waals surface area contributed by atoms with E-state index in [9.17, 15) is 9.59 Å². The predicted octanol–water partition coefficient (Wildman–Crippen LogP) is 3.01. The number of aromatic amines is 1. The normalized spacial score (nSPS) is 19.3. The number of nitrogens with zero attached hydrogens (tertiary/aromatic N) is 3. The molecule has 0 spiro atoms. The van der Waals surface area contributed by atoms with Gasteiger partial charge in [-0.1, -0.05) is 18.2 Å². The van der Waals surface area contributed by atoms with Crippen molar-refractivity contribution in [3.05, 3.63) is 64.1 Å². The third-order valence-electron chi connectivity index (χ3n) is 6.32. The fraction of sp³-hybridized carbons (Fsp3) is 0.435. The molecule has 1 fully saturated rings. The monoisotopic (exact) mass is 390 g/mol. The number of piperidine rings is 1. The van der Waals surface area contributed by atoms with Gasteiger partial charge < -0.3 is 14.5 Å². The third-order valence-corrected chi connectivity index (χ3v) is 6.32. The van der Waals surface area contributed by atoms with Gasteiger partial charge in [-0.15, -0.1) is 0 Å². The maximum atomic E-state index is 13.0. The Morgan fingerprint density at radius 2 is 2.07 bits per heavy atom. The number of benzene rings is 1. The Bertz CT molecular complexity index is 1110. The summed E-state index contributed by atoms with van der Waals surface area (Å²) in [4.78, 5) is 34.9. The minimum atomic E-state index is -0.133. The van der Waals surface area contributed by atoms with Crippen LogP contribution in [0.5, 0.6) is 0 Å². The lowest BCUT2D eigenvalue weighted by Crippen LogP contribution is -2.41. The molecule has 0 bridgehead atoms. The average Bonchev–Trinajstić information content (AvgIpc) is 3.18. The summed E-state index contributed by atoms with van der Waals surface area (Å²) in [6.07, 6.45) is 7.88. The summed E-state index contributed by atoms with van der Waals surface area (Å²) in [6.45, 7) is 2.54. The summed E-state index contributed by atoms with van der Waals surface area (Å²) in [5, 5.41) is 1.53. The Balaban J connectivity index is 1.33. The van der Waals surface area contributed by atoms with Crippen LogP contribution >= 0.6 is 0 Å². The zero-order valence-electron chi connectivity index (χ0n) is 16.6. The van der Waals surface area contributed by atoms with Crippen LogP contribution in [0, 0.1) is 0 Å². The van der Waals surface area contributed by atoms with Gasteiger partial charge in [-0.25, -0.2) is 4.98 Å². The number of H-pyrrole nitrogens is 1. The highest BCUT2D eigenvalue weighted by Gasteiger charge is 2.29. The molecule has 29 heavy (non-hydrogen) atoms. The zero-order chi connectivity index (χ0) is 19.8. The van der Waals surface area contributed by atoms with Crippen LogP contribution in [0.25, 0.3) is 10.8 Å². The maximum absolute atomic E-state index is 13.0. The lowest BCUT2D eigenvalue weighted by molar-refractivity contribution is -0.131. The topological polar surface area (TPSA) is 71.0 Å². The number of pyridine rings is 1. The highest BCUT2D eigenvalue weighted by molar-refractivity contribution is 5.84. The molecule has 5 rings (SSSR count). The molecular formula is C23H26N4O2. The summed E-state index contributed by atoms with van der Waals surface area (Å²) in [7, 11) is 0. The second-order valence-corrected chi connectivity index (χ2v) is 8.28. The minimum Gasteiger partial charge on any atom is -0.342 e. The van der Waals surface area contributed by atoms with Crippen molar-refractivity contribution in [2.75, 3.05) is 13.1 Å². The first-order chi connectivity index (χ1) is 14.2. The van der Waals surface area contributed by atoms with Gasteiger partial charge in [-0.05, 0) is 49.6 Å². The molecule has 0 unspecified atom stereocenters. The van der Waals surface area contributed by atoms with Crippen LogP contribution in [0.3, 0.4) is 0 Å². The van der Waals surface area contributed by atoms with Crippen molar-refractivity contribution < 1.29 is 4.79 Å². The molecule has 0 radical (unpaired) electrons. The number of imidazole rings is 1. The first kappa shape index (κ1) is 18.2. The molecule has 6 heteroatoms. The Labute approximate surface area is 169 Å². The highest BCUT2D eigenvalue weighted by Crippen LogP contribution is 2.29. The molecule has 1 aromatic carbocycles. The number of amides is 1. The van der Waals surface area contributed by atoms with Gasteiger partial charge >= 0.3 is 0 Å². The van der Waals surface area contributed by atoms with Gasteiger partial charge in [-0.2, -0.15) is 0 Å². The minimum absolute atomic E-state index is 0.0751. The van der Waals surface area contributed by atoms with E-state index in [4.69, 9.17) is 4.98 Å². The molecule has 2 aliphatic heterocycles. The number of aromatic nitrogens is 3. The zero-order valence-corrected chi connectivity index (χ0v) is 16.6. The first-order valence-corrected chi connectivity index (χ1v) is 10.6. The van der Waals surface area contributed by atoms with Crippen molar-refractivity contribution in [1.82, 2.24) is 19.4 Å². The molecule has 1 atom stereocenters. The molecular weight excluding hydrogens is 364 g/mol. The average molecular weight is 390 g/mol. The van der Waals surface area contributed by atoms with Gasteiger partial charge in [0.05, 0.1) is 6.42 Å². The smallest absolute Gasteiger partial charge is 0.256 e. The van der Waals surface area contributed by atoms with Crippen molar-refractivity contribution in [1.29, 1.82) is 0 Å². The van der Waals surface area contributed by atoms with E-state index in [0.29, 0.717) is 23.5 Å². The molecule has 1 N–H and O–H groups in total. The maximum Gasteiger partial charge on any atom is 0.256 e. The van der Waals surface area contributed by atoms with Gasteiger partial charge in [0.2, 0.25) is 5.91 Å². The van der Waals surface area contributed by atoms with Crippen LogP contribution in [0.1, 0.15) is 48.8 Å². The van der Waals surface area contributed by atoms with Gasteiger partial charge in [0, 0.05) is 48.5 Å². The summed E-state index contributed by atoms with van der Waals surface area (Å²) < 4.78 is 2.38. The fourth-order valence-corrected chi connectivity index (χ4v) is 4.84. The molecule has 0 aliphatic carbocycles. The van der Waals surface area contributed by atoms with E-state index in [1.165, 1.54) is 18.5 Å². The van der Waals surface area contributed by atoms with E-state index in [1.54, 1.807) is 6.07 Å². The summed E-state index contributed by atoms with van der Waals surface area (Å²) >= 11 is 0. The van der Waals surface area contributed by atoms with Gasteiger partial charge in [0.15, 0.2) is 0 Å². The number of rotatable bonds is 3. The lowest BCUT2D eigenvalue weighted by atomic mass is 9.96. The van der Waals surface area contributed by atoms with Crippen LogP contribution in [-0.2, 0) is 24.2 Å². The SMILES string of the molecule is O=C(Cc1cc2ccccc2c(=O)[nH]1)N1CCC[C@H](c2ncc3n2CCCC3)C1. The van der Waals surface area contributed by atoms with Crippen molar-refractivity contribution in [3.8, 4) is 0 Å². The Morgan fingerprint density at radius 1 is 1.17 bits per heavy atom. The van der Waals surface area contributed by atoms with Crippen LogP contribution < -0.4 is 5.56 Å². The molecule has 1 amide bonds. The van der Waals surface area contributed by atoms with Crippen molar-refractivity contribution in [2.45, 2.75) is 51.0 Å². The van der Waals surface area contributed by atoms with Crippen LogP contribution in [0.4, 0.5) is 0 Å². The van der Waals surface area contributed by atoms with Gasteiger partial charge in [-0.3, -0.25) is 9.59 Å². The largest absolute Gasteiger partial charge is 0.342 e. The lowest BCUT2D eigenvalue weighted by Gasteiger charge is -2.33. The summed E-state index contributed by atoms with van der Waals surface area (Å²) in [5.41, 5.74) is 1.88. The molecule has 1 saturated heterocycles. The second kappa shape index (κ2) is 7.50. The number of carbonyl (C=O) groups is 1. The second-order valence-electron chi connectivity index (χ2n) is 8.28. The van der Waals surface area contributed by atoms with E-state index in [-0.39, 0.29) is 17.9 Å². The molecule has 6 nitrogen and oxygen atoms in total. The number of nitrogens with one attached hydrogen (secondary N) is 1. The summed E-state index contributed by atoms with van der Waals surface area (Å²) in [5.74, 6) is 1.53. The quantitative estimate of drug-likeness (QED) is 0.747. The van der Waals surface area contributed by atoms with Crippen molar-refractivity contribution >= 4 is 16.7 Å². The molecule has 3 aromatic rings.